The van der Waals surface area contributed by atoms with Gasteiger partial charge in [0.25, 0.3) is 0 Å². The Hall–Kier alpha value is -3.35. The summed E-state index contributed by atoms with van der Waals surface area (Å²) in [5.41, 5.74) is 4.64. The SMILES string of the molecule is CC[C@@H](CC(=O)O)NC(=O)[C@H]1CCCC[C@H]1NC(=O)OCC1c2ccccc2-c2ccccc21. The third-order valence-electron chi connectivity index (χ3n) is 7.01. The molecule has 1 saturated carbocycles. The van der Waals surface area contributed by atoms with Gasteiger partial charge in [-0.15, -0.1) is 0 Å². The Morgan fingerprint density at radius 1 is 1.00 bits per heavy atom. The second-order valence-electron chi connectivity index (χ2n) is 9.18. The Balaban J connectivity index is 1.37. The third-order valence-corrected chi connectivity index (χ3v) is 7.01. The Labute approximate surface area is 199 Å². The lowest BCUT2D eigenvalue weighted by Gasteiger charge is -2.32. The number of benzene rings is 2. The van der Waals surface area contributed by atoms with Crippen molar-refractivity contribution in [2.45, 2.75) is 63.5 Å². The van der Waals surface area contributed by atoms with Crippen LogP contribution in [0.2, 0.25) is 0 Å². The fraction of sp³-hybridized carbons (Fsp3) is 0.444. The van der Waals surface area contributed by atoms with Crippen molar-refractivity contribution < 1.29 is 24.2 Å². The summed E-state index contributed by atoms with van der Waals surface area (Å²) >= 11 is 0. The highest BCUT2D eigenvalue weighted by molar-refractivity contribution is 5.82. The van der Waals surface area contributed by atoms with Gasteiger partial charge in [0, 0.05) is 18.0 Å². The van der Waals surface area contributed by atoms with Gasteiger partial charge >= 0.3 is 12.1 Å². The van der Waals surface area contributed by atoms with Crippen molar-refractivity contribution in [2.24, 2.45) is 5.92 Å². The van der Waals surface area contributed by atoms with Crippen molar-refractivity contribution in [1.29, 1.82) is 0 Å². The van der Waals surface area contributed by atoms with Crippen molar-refractivity contribution in [2.75, 3.05) is 6.61 Å². The van der Waals surface area contributed by atoms with Crippen LogP contribution < -0.4 is 10.6 Å². The number of carboxylic acids is 1. The van der Waals surface area contributed by atoms with Gasteiger partial charge in [-0.25, -0.2) is 4.79 Å². The van der Waals surface area contributed by atoms with Crippen LogP contribution in [0, 0.1) is 5.92 Å². The number of hydrogen-bond acceptors (Lipinski definition) is 4. The molecular formula is C27H32N2O5. The van der Waals surface area contributed by atoms with E-state index in [-0.39, 0.29) is 30.9 Å². The molecule has 2 amide bonds. The number of alkyl carbamates (subject to hydrolysis) is 1. The van der Waals surface area contributed by atoms with Gasteiger partial charge in [0.1, 0.15) is 6.61 Å². The van der Waals surface area contributed by atoms with E-state index in [4.69, 9.17) is 9.84 Å². The predicted molar refractivity (Wildman–Crippen MR) is 128 cm³/mol. The maximum absolute atomic E-state index is 12.9. The normalized spacial score (nSPS) is 20.0. The first-order valence-electron chi connectivity index (χ1n) is 12.1. The molecule has 34 heavy (non-hydrogen) atoms. The summed E-state index contributed by atoms with van der Waals surface area (Å²) < 4.78 is 5.67. The monoisotopic (exact) mass is 464 g/mol. The van der Waals surface area contributed by atoms with E-state index in [9.17, 15) is 14.4 Å². The van der Waals surface area contributed by atoms with Gasteiger partial charge < -0.3 is 20.5 Å². The summed E-state index contributed by atoms with van der Waals surface area (Å²) in [4.78, 5) is 36.7. The van der Waals surface area contributed by atoms with Gasteiger partial charge in [-0.2, -0.15) is 0 Å². The van der Waals surface area contributed by atoms with E-state index in [1.54, 1.807) is 0 Å². The molecule has 7 heteroatoms. The van der Waals surface area contributed by atoms with Crippen LogP contribution in [0.25, 0.3) is 11.1 Å². The molecule has 0 aliphatic heterocycles. The summed E-state index contributed by atoms with van der Waals surface area (Å²) in [7, 11) is 0. The van der Waals surface area contributed by atoms with Crippen molar-refractivity contribution in [1.82, 2.24) is 10.6 Å². The van der Waals surface area contributed by atoms with Crippen LogP contribution in [0.15, 0.2) is 48.5 Å². The number of carbonyl (C=O) groups is 3. The zero-order chi connectivity index (χ0) is 24.1. The molecule has 0 heterocycles. The molecule has 0 aromatic heterocycles. The van der Waals surface area contributed by atoms with E-state index < -0.39 is 24.0 Å². The molecule has 0 radical (unpaired) electrons. The van der Waals surface area contributed by atoms with Crippen LogP contribution in [0.1, 0.15) is 62.5 Å². The van der Waals surface area contributed by atoms with Gasteiger partial charge in [0.2, 0.25) is 5.91 Å². The zero-order valence-corrected chi connectivity index (χ0v) is 19.5. The molecule has 1 fully saturated rings. The van der Waals surface area contributed by atoms with Crippen LogP contribution in [0.5, 0.6) is 0 Å². The smallest absolute Gasteiger partial charge is 0.407 e. The van der Waals surface area contributed by atoms with Crippen LogP contribution >= 0.6 is 0 Å². The molecule has 2 aliphatic rings. The number of amides is 2. The lowest BCUT2D eigenvalue weighted by atomic mass is 9.83. The minimum atomic E-state index is -0.941. The average molecular weight is 465 g/mol. The molecule has 7 nitrogen and oxygen atoms in total. The number of fused-ring (bicyclic) bond motifs is 3. The van der Waals surface area contributed by atoms with Crippen molar-refractivity contribution in [3.05, 3.63) is 59.7 Å². The largest absolute Gasteiger partial charge is 0.481 e. The van der Waals surface area contributed by atoms with Gasteiger partial charge in [0.05, 0.1) is 12.3 Å². The van der Waals surface area contributed by atoms with Crippen LogP contribution in [0.3, 0.4) is 0 Å². The molecule has 3 atom stereocenters. The molecule has 2 aliphatic carbocycles. The number of hydrogen-bond donors (Lipinski definition) is 3. The number of carboxylic acid groups (broad SMARTS) is 1. The minimum absolute atomic E-state index is 0.0232. The highest BCUT2D eigenvalue weighted by Crippen LogP contribution is 2.44. The predicted octanol–water partition coefficient (Wildman–Crippen LogP) is 4.45. The van der Waals surface area contributed by atoms with Gasteiger partial charge in [-0.05, 0) is 41.5 Å². The molecule has 0 saturated heterocycles. The topological polar surface area (TPSA) is 105 Å². The Kier molecular flexibility index (Phi) is 7.50. The van der Waals surface area contributed by atoms with Gasteiger partial charge in [0.15, 0.2) is 0 Å². The van der Waals surface area contributed by atoms with Crippen molar-refractivity contribution in [3.8, 4) is 11.1 Å². The quantitative estimate of drug-likeness (QED) is 0.535. The number of carbonyl (C=O) groups excluding carboxylic acids is 2. The molecule has 3 N–H and O–H groups in total. The van der Waals surface area contributed by atoms with E-state index in [0.717, 1.165) is 24.0 Å². The fourth-order valence-electron chi connectivity index (χ4n) is 5.23. The highest BCUT2D eigenvalue weighted by Gasteiger charge is 2.34. The maximum atomic E-state index is 12.9. The van der Waals surface area contributed by atoms with Gasteiger partial charge in [-0.1, -0.05) is 68.3 Å². The van der Waals surface area contributed by atoms with Crippen molar-refractivity contribution in [3.63, 3.8) is 0 Å². The number of aliphatic carboxylic acids is 1. The number of nitrogens with one attached hydrogen (secondary N) is 2. The molecule has 0 bridgehead atoms. The molecule has 2 aromatic rings. The van der Waals surface area contributed by atoms with Crippen molar-refractivity contribution >= 4 is 18.0 Å². The lowest BCUT2D eigenvalue weighted by Crippen LogP contribution is -2.50. The zero-order valence-electron chi connectivity index (χ0n) is 19.5. The van der Waals surface area contributed by atoms with E-state index in [2.05, 4.69) is 34.9 Å². The lowest BCUT2D eigenvalue weighted by molar-refractivity contribution is -0.138. The average Bonchev–Trinajstić information content (AvgIpc) is 3.16. The first-order valence-corrected chi connectivity index (χ1v) is 12.1. The highest BCUT2D eigenvalue weighted by atomic mass is 16.5. The summed E-state index contributed by atoms with van der Waals surface area (Å²) in [6.45, 7) is 2.07. The maximum Gasteiger partial charge on any atom is 0.407 e. The second kappa shape index (κ2) is 10.7. The molecule has 180 valence electrons. The van der Waals surface area contributed by atoms with Gasteiger partial charge in [-0.3, -0.25) is 9.59 Å². The molecule has 2 aromatic carbocycles. The van der Waals surface area contributed by atoms with E-state index in [1.807, 2.05) is 31.2 Å². The van der Waals surface area contributed by atoms with Crippen LogP contribution in [-0.4, -0.2) is 41.8 Å². The van der Waals surface area contributed by atoms with Crippen LogP contribution in [-0.2, 0) is 14.3 Å². The molecule has 4 rings (SSSR count). The number of ether oxygens (including phenoxy) is 1. The Morgan fingerprint density at radius 2 is 1.62 bits per heavy atom. The fourth-order valence-corrected chi connectivity index (χ4v) is 5.23. The van der Waals surface area contributed by atoms with E-state index in [1.165, 1.54) is 11.1 Å². The first kappa shape index (κ1) is 23.8. The summed E-state index contributed by atoms with van der Waals surface area (Å²) in [5, 5.41) is 14.8. The third kappa shape index (κ3) is 5.24. The molecule has 0 spiro atoms. The standard InChI is InChI=1S/C27H32N2O5/c1-2-17(15-25(30)31)28-26(32)22-13-7-8-14-24(22)29-27(33)34-16-23-20-11-5-3-9-18(20)19-10-4-6-12-21(19)23/h3-6,9-12,17,22-24H,2,7-8,13-16H2,1H3,(H,28,32)(H,29,33)(H,30,31)/t17-,22-,24+/m0/s1. The van der Waals surface area contributed by atoms with E-state index in [0.29, 0.717) is 19.3 Å². The second-order valence-corrected chi connectivity index (χ2v) is 9.18. The molecular weight excluding hydrogens is 432 g/mol. The first-order chi connectivity index (χ1) is 16.5. The van der Waals surface area contributed by atoms with Crippen LogP contribution in [0.4, 0.5) is 4.79 Å². The summed E-state index contributed by atoms with van der Waals surface area (Å²) in [6.07, 6.45) is 3.07. The summed E-state index contributed by atoms with van der Waals surface area (Å²) in [5.74, 6) is -1.55. The summed E-state index contributed by atoms with van der Waals surface area (Å²) in [6, 6.07) is 15.6. The minimum Gasteiger partial charge on any atom is -0.481 e. The number of rotatable bonds is 8. The Morgan fingerprint density at radius 3 is 2.24 bits per heavy atom. The molecule has 0 unspecified atom stereocenters. The Bertz CT molecular complexity index is 1010. The van der Waals surface area contributed by atoms with E-state index >= 15 is 0 Å².